The maximum Gasteiger partial charge on any atom is 0.227 e. The standard InChI is InChI=1S/C13H20N4OS/c1-5-12-15-9(3)13(19-12)8(2)14-7-6-11-16-10(4)17-18-11/h8,14H,5-7H2,1-4H3. The van der Waals surface area contributed by atoms with Crippen molar-refractivity contribution in [1.29, 1.82) is 0 Å². The Labute approximate surface area is 117 Å². The molecule has 0 aromatic carbocycles. The van der Waals surface area contributed by atoms with E-state index in [4.69, 9.17) is 4.52 Å². The highest BCUT2D eigenvalue weighted by Gasteiger charge is 2.13. The summed E-state index contributed by atoms with van der Waals surface area (Å²) in [4.78, 5) is 10.1. The van der Waals surface area contributed by atoms with E-state index in [0.717, 1.165) is 25.1 Å². The van der Waals surface area contributed by atoms with Gasteiger partial charge < -0.3 is 9.84 Å². The monoisotopic (exact) mass is 280 g/mol. The van der Waals surface area contributed by atoms with Gasteiger partial charge in [0.15, 0.2) is 5.82 Å². The molecule has 104 valence electrons. The van der Waals surface area contributed by atoms with Crippen molar-refractivity contribution in [1.82, 2.24) is 20.4 Å². The first-order chi connectivity index (χ1) is 9.10. The van der Waals surface area contributed by atoms with Crippen molar-refractivity contribution in [2.24, 2.45) is 0 Å². The van der Waals surface area contributed by atoms with E-state index in [-0.39, 0.29) is 0 Å². The molecule has 0 bridgehead atoms. The van der Waals surface area contributed by atoms with Crippen LogP contribution in [0.5, 0.6) is 0 Å². The number of hydrogen-bond donors (Lipinski definition) is 1. The lowest BCUT2D eigenvalue weighted by atomic mass is 10.2. The van der Waals surface area contributed by atoms with E-state index >= 15 is 0 Å². The Bertz CT molecular complexity index is 534. The molecule has 0 spiro atoms. The first-order valence-corrected chi connectivity index (χ1v) is 7.40. The number of nitrogens with one attached hydrogen (secondary N) is 1. The van der Waals surface area contributed by atoms with Gasteiger partial charge in [-0.3, -0.25) is 0 Å². The van der Waals surface area contributed by atoms with Crippen molar-refractivity contribution >= 4 is 11.3 Å². The molecule has 0 fully saturated rings. The molecule has 0 saturated heterocycles. The number of nitrogens with zero attached hydrogens (tertiary/aromatic N) is 3. The fraction of sp³-hybridized carbons (Fsp3) is 0.615. The van der Waals surface area contributed by atoms with Crippen molar-refractivity contribution in [3.05, 3.63) is 27.3 Å². The molecule has 2 aromatic heterocycles. The average molecular weight is 280 g/mol. The number of aromatic nitrogens is 3. The van der Waals surface area contributed by atoms with Crippen LogP contribution in [0.1, 0.15) is 47.2 Å². The van der Waals surface area contributed by atoms with Crippen LogP contribution in [0.25, 0.3) is 0 Å². The van der Waals surface area contributed by atoms with E-state index in [0.29, 0.717) is 17.8 Å². The van der Waals surface area contributed by atoms with E-state index in [1.54, 1.807) is 11.3 Å². The van der Waals surface area contributed by atoms with E-state index in [9.17, 15) is 0 Å². The fourth-order valence-electron chi connectivity index (χ4n) is 1.95. The Balaban J connectivity index is 1.86. The molecular weight excluding hydrogens is 260 g/mol. The Morgan fingerprint density at radius 2 is 2.11 bits per heavy atom. The topological polar surface area (TPSA) is 63.8 Å². The van der Waals surface area contributed by atoms with Crippen LogP contribution in [0.4, 0.5) is 0 Å². The molecule has 0 saturated carbocycles. The molecule has 1 N–H and O–H groups in total. The molecular formula is C13H20N4OS. The highest BCUT2D eigenvalue weighted by atomic mass is 32.1. The summed E-state index contributed by atoms with van der Waals surface area (Å²) >= 11 is 1.79. The van der Waals surface area contributed by atoms with Crippen LogP contribution in [-0.4, -0.2) is 21.7 Å². The Morgan fingerprint density at radius 1 is 1.32 bits per heavy atom. The molecule has 0 amide bonds. The molecule has 19 heavy (non-hydrogen) atoms. The molecule has 6 heteroatoms. The van der Waals surface area contributed by atoms with Gasteiger partial charge in [0, 0.05) is 23.9 Å². The van der Waals surface area contributed by atoms with Crippen molar-refractivity contribution < 1.29 is 4.52 Å². The van der Waals surface area contributed by atoms with Crippen molar-refractivity contribution in [2.75, 3.05) is 6.54 Å². The van der Waals surface area contributed by atoms with Gasteiger partial charge in [-0.1, -0.05) is 12.1 Å². The molecule has 5 nitrogen and oxygen atoms in total. The van der Waals surface area contributed by atoms with Crippen molar-refractivity contribution in [3.63, 3.8) is 0 Å². The SMILES string of the molecule is CCc1nc(C)c(C(C)NCCc2nc(C)no2)s1. The molecule has 0 aliphatic rings. The van der Waals surface area contributed by atoms with Crippen molar-refractivity contribution in [2.45, 2.75) is 46.6 Å². The van der Waals surface area contributed by atoms with Gasteiger partial charge in [0.1, 0.15) is 0 Å². The predicted molar refractivity (Wildman–Crippen MR) is 75.4 cm³/mol. The molecule has 2 heterocycles. The fourth-order valence-corrected chi connectivity index (χ4v) is 2.98. The van der Waals surface area contributed by atoms with Crippen LogP contribution in [0, 0.1) is 13.8 Å². The summed E-state index contributed by atoms with van der Waals surface area (Å²) in [6, 6.07) is 0.307. The van der Waals surface area contributed by atoms with Crippen LogP contribution < -0.4 is 5.32 Å². The van der Waals surface area contributed by atoms with Gasteiger partial charge >= 0.3 is 0 Å². The number of rotatable bonds is 6. The van der Waals surface area contributed by atoms with Gasteiger partial charge in [0.05, 0.1) is 10.7 Å². The average Bonchev–Trinajstić information content (AvgIpc) is 2.95. The number of aryl methyl sites for hydroxylation is 3. The lowest BCUT2D eigenvalue weighted by Gasteiger charge is -2.11. The smallest absolute Gasteiger partial charge is 0.227 e. The lowest BCUT2D eigenvalue weighted by Crippen LogP contribution is -2.21. The van der Waals surface area contributed by atoms with Crippen LogP contribution >= 0.6 is 11.3 Å². The molecule has 2 aromatic rings. The van der Waals surface area contributed by atoms with E-state index in [1.165, 1.54) is 9.88 Å². The summed E-state index contributed by atoms with van der Waals surface area (Å²) in [5.41, 5.74) is 1.13. The maximum absolute atomic E-state index is 5.09. The van der Waals surface area contributed by atoms with E-state index in [2.05, 4.69) is 41.2 Å². The highest BCUT2D eigenvalue weighted by molar-refractivity contribution is 7.11. The van der Waals surface area contributed by atoms with Crippen LogP contribution in [0.3, 0.4) is 0 Å². The summed E-state index contributed by atoms with van der Waals surface area (Å²) in [7, 11) is 0. The normalized spacial score (nSPS) is 12.8. The maximum atomic E-state index is 5.09. The minimum absolute atomic E-state index is 0.307. The Hall–Kier alpha value is -1.27. The van der Waals surface area contributed by atoms with Gasteiger partial charge in [0.2, 0.25) is 5.89 Å². The van der Waals surface area contributed by atoms with Gasteiger partial charge in [-0.05, 0) is 27.2 Å². The molecule has 1 unspecified atom stereocenters. The number of thiazole rings is 1. The van der Waals surface area contributed by atoms with E-state index in [1.807, 2.05) is 6.92 Å². The summed E-state index contributed by atoms with van der Waals surface area (Å²) in [5, 5.41) is 8.46. The third-order valence-corrected chi connectivity index (χ3v) is 4.42. The summed E-state index contributed by atoms with van der Waals surface area (Å²) < 4.78 is 5.09. The zero-order valence-electron chi connectivity index (χ0n) is 11.9. The van der Waals surface area contributed by atoms with E-state index < -0.39 is 0 Å². The van der Waals surface area contributed by atoms with Gasteiger partial charge in [0.25, 0.3) is 0 Å². The van der Waals surface area contributed by atoms with Crippen LogP contribution in [0.2, 0.25) is 0 Å². The van der Waals surface area contributed by atoms with Crippen LogP contribution in [-0.2, 0) is 12.8 Å². The van der Waals surface area contributed by atoms with Gasteiger partial charge in [-0.15, -0.1) is 11.3 Å². The molecule has 0 aliphatic heterocycles. The second-order valence-electron chi connectivity index (χ2n) is 4.57. The summed E-state index contributed by atoms with van der Waals surface area (Å²) in [5.74, 6) is 1.38. The van der Waals surface area contributed by atoms with Crippen LogP contribution in [0.15, 0.2) is 4.52 Å². The third kappa shape index (κ3) is 3.61. The Morgan fingerprint density at radius 3 is 2.68 bits per heavy atom. The minimum atomic E-state index is 0.307. The van der Waals surface area contributed by atoms with Gasteiger partial charge in [-0.25, -0.2) is 4.98 Å². The first kappa shape index (κ1) is 14.1. The summed E-state index contributed by atoms with van der Waals surface area (Å²) in [6.45, 7) is 9.03. The second-order valence-corrected chi connectivity index (χ2v) is 5.69. The highest BCUT2D eigenvalue weighted by Crippen LogP contribution is 2.25. The first-order valence-electron chi connectivity index (χ1n) is 6.59. The lowest BCUT2D eigenvalue weighted by molar-refractivity contribution is 0.370. The second kappa shape index (κ2) is 6.25. The third-order valence-electron chi connectivity index (χ3n) is 2.93. The largest absolute Gasteiger partial charge is 0.339 e. The molecule has 1 atom stereocenters. The number of hydrogen-bond acceptors (Lipinski definition) is 6. The quantitative estimate of drug-likeness (QED) is 0.881. The van der Waals surface area contributed by atoms with Gasteiger partial charge in [-0.2, -0.15) is 4.98 Å². The predicted octanol–water partition coefficient (Wildman–Crippen LogP) is 2.60. The Kier molecular flexibility index (Phi) is 4.66. The zero-order chi connectivity index (χ0) is 13.8. The molecule has 2 rings (SSSR count). The minimum Gasteiger partial charge on any atom is -0.339 e. The summed E-state index contributed by atoms with van der Waals surface area (Å²) in [6.07, 6.45) is 1.75. The van der Waals surface area contributed by atoms with Crippen molar-refractivity contribution in [3.8, 4) is 0 Å². The zero-order valence-corrected chi connectivity index (χ0v) is 12.7. The molecule has 0 radical (unpaired) electrons. The molecule has 0 aliphatic carbocycles.